The van der Waals surface area contributed by atoms with Crippen LogP contribution in [0, 0.1) is 5.92 Å². The number of morpholine rings is 1. The summed E-state index contributed by atoms with van der Waals surface area (Å²) in [6, 6.07) is 0.476. The average Bonchev–Trinajstić information content (AvgIpc) is 2.55. The molecule has 23 heavy (non-hydrogen) atoms. The lowest BCUT2D eigenvalue weighted by Crippen LogP contribution is -2.48. The van der Waals surface area contributed by atoms with Gasteiger partial charge in [-0.2, -0.15) is 11.8 Å². The van der Waals surface area contributed by atoms with Crippen LogP contribution in [0.2, 0.25) is 0 Å². The Bertz CT molecular complexity index is 343. The van der Waals surface area contributed by atoms with Gasteiger partial charge in [0, 0.05) is 43.7 Å². The van der Waals surface area contributed by atoms with Gasteiger partial charge in [-0.3, -0.25) is 9.89 Å². The molecule has 0 aromatic heterocycles. The SMILES string of the molecule is C=CCSCCNC(=NCC(C(C)C)N1CCOCC1)NCC. The van der Waals surface area contributed by atoms with Crippen molar-refractivity contribution < 1.29 is 4.74 Å². The van der Waals surface area contributed by atoms with Crippen LogP contribution in [0.4, 0.5) is 0 Å². The Morgan fingerprint density at radius 1 is 1.35 bits per heavy atom. The van der Waals surface area contributed by atoms with E-state index in [4.69, 9.17) is 9.73 Å². The molecule has 1 atom stereocenters. The number of thioether (sulfide) groups is 1. The van der Waals surface area contributed by atoms with Gasteiger partial charge in [-0.05, 0) is 12.8 Å². The minimum Gasteiger partial charge on any atom is -0.379 e. The van der Waals surface area contributed by atoms with Gasteiger partial charge in [0.15, 0.2) is 5.96 Å². The lowest BCUT2D eigenvalue weighted by molar-refractivity contribution is 0.00867. The summed E-state index contributed by atoms with van der Waals surface area (Å²) in [5.41, 5.74) is 0. The molecule has 0 spiro atoms. The lowest BCUT2D eigenvalue weighted by atomic mass is 10.0. The van der Waals surface area contributed by atoms with Crippen molar-refractivity contribution in [3.05, 3.63) is 12.7 Å². The van der Waals surface area contributed by atoms with Gasteiger partial charge in [-0.15, -0.1) is 6.58 Å². The normalized spacial score (nSPS) is 18.0. The Labute approximate surface area is 146 Å². The molecule has 1 rings (SSSR count). The molecule has 1 aliphatic rings. The number of nitrogens with zero attached hydrogens (tertiary/aromatic N) is 2. The Balaban J connectivity index is 2.48. The molecule has 6 heteroatoms. The predicted octanol–water partition coefficient (Wildman–Crippen LogP) is 1.82. The average molecular weight is 343 g/mol. The molecule has 134 valence electrons. The van der Waals surface area contributed by atoms with E-state index in [1.165, 1.54) is 0 Å². The standard InChI is InChI=1S/C17H34N4OS/c1-5-12-23-13-7-19-17(18-6-2)20-14-16(15(3)4)21-8-10-22-11-9-21/h5,15-16H,1,6-14H2,2-4H3,(H2,18,19,20). The van der Waals surface area contributed by atoms with Crippen molar-refractivity contribution in [2.45, 2.75) is 26.8 Å². The largest absolute Gasteiger partial charge is 0.379 e. The highest BCUT2D eigenvalue weighted by Crippen LogP contribution is 2.13. The van der Waals surface area contributed by atoms with E-state index in [1.54, 1.807) is 0 Å². The molecule has 1 unspecified atom stereocenters. The number of guanidine groups is 1. The Hall–Kier alpha value is -0.720. The zero-order valence-electron chi connectivity index (χ0n) is 15.0. The smallest absolute Gasteiger partial charge is 0.191 e. The monoisotopic (exact) mass is 342 g/mol. The first-order valence-electron chi connectivity index (χ1n) is 8.71. The van der Waals surface area contributed by atoms with Crippen molar-refractivity contribution in [3.63, 3.8) is 0 Å². The van der Waals surface area contributed by atoms with Gasteiger partial charge >= 0.3 is 0 Å². The molecule has 0 aliphatic carbocycles. The summed E-state index contributed by atoms with van der Waals surface area (Å²) in [7, 11) is 0. The molecular weight excluding hydrogens is 308 g/mol. The summed E-state index contributed by atoms with van der Waals surface area (Å²) in [4.78, 5) is 7.33. The van der Waals surface area contributed by atoms with Crippen molar-refractivity contribution >= 4 is 17.7 Å². The number of nitrogens with one attached hydrogen (secondary N) is 2. The quantitative estimate of drug-likeness (QED) is 0.274. The molecule has 1 aliphatic heterocycles. The highest BCUT2D eigenvalue weighted by Gasteiger charge is 2.23. The number of hydrogen-bond donors (Lipinski definition) is 2. The van der Waals surface area contributed by atoms with Crippen LogP contribution in [0.15, 0.2) is 17.6 Å². The van der Waals surface area contributed by atoms with E-state index >= 15 is 0 Å². The third-order valence-electron chi connectivity index (χ3n) is 3.84. The van der Waals surface area contributed by atoms with Crippen LogP contribution in [0.5, 0.6) is 0 Å². The van der Waals surface area contributed by atoms with Crippen LogP contribution < -0.4 is 10.6 Å². The van der Waals surface area contributed by atoms with Gasteiger partial charge < -0.3 is 15.4 Å². The van der Waals surface area contributed by atoms with Gasteiger partial charge in [0.1, 0.15) is 0 Å². The third kappa shape index (κ3) is 8.63. The summed E-state index contributed by atoms with van der Waals surface area (Å²) in [6.45, 7) is 16.7. The first-order valence-corrected chi connectivity index (χ1v) is 9.87. The van der Waals surface area contributed by atoms with Gasteiger partial charge in [0.05, 0.1) is 19.8 Å². The minimum atomic E-state index is 0.476. The van der Waals surface area contributed by atoms with E-state index in [2.05, 4.69) is 42.9 Å². The molecular formula is C17H34N4OS. The van der Waals surface area contributed by atoms with Gasteiger partial charge in [-0.25, -0.2) is 0 Å². The summed E-state index contributed by atoms with van der Waals surface area (Å²) < 4.78 is 5.47. The Morgan fingerprint density at radius 3 is 2.70 bits per heavy atom. The van der Waals surface area contributed by atoms with Crippen molar-refractivity contribution in [3.8, 4) is 0 Å². The molecule has 1 heterocycles. The van der Waals surface area contributed by atoms with Crippen LogP contribution in [0.3, 0.4) is 0 Å². The number of hydrogen-bond acceptors (Lipinski definition) is 4. The van der Waals surface area contributed by atoms with Crippen molar-refractivity contribution in [2.24, 2.45) is 10.9 Å². The lowest BCUT2D eigenvalue weighted by Gasteiger charge is -2.36. The molecule has 5 nitrogen and oxygen atoms in total. The maximum Gasteiger partial charge on any atom is 0.191 e. The second-order valence-corrected chi connectivity index (χ2v) is 7.12. The Morgan fingerprint density at radius 2 is 2.09 bits per heavy atom. The zero-order valence-corrected chi connectivity index (χ0v) is 15.8. The van der Waals surface area contributed by atoms with Crippen LogP contribution in [0.1, 0.15) is 20.8 Å². The molecule has 1 saturated heterocycles. The van der Waals surface area contributed by atoms with E-state index in [0.29, 0.717) is 12.0 Å². The number of rotatable bonds is 10. The van der Waals surface area contributed by atoms with E-state index in [0.717, 1.165) is 63.4 Å². The van der Waals surface area contributed by atoms with Gasteiger partial charge in [0.25, 0.3) is 0 Å². The van der Waals surface area contributed by atoms with Gasteiger partial charge in [0.2, 0.25) is 0 Å². The summed E-state index contributed by atoms with van der Waals surface area (Å²) in [6.07, 6.45) is 1.94. The first-order chi connectivity index (χ1) is 11.2. The molecule has 0 saturated carbocycles. The van der Waals surface area contributed by atoms with E-state index in [-0.39, 0.29) is 0 Å². The van der Waals surface area contributed by atoms with Crippen LogP contribution in [-0.2, 0) is 4.74 Å². The number of aliphatic imine (C=N–C) groups is 1. The van der Waals surface area contributed by atoms with E-state index in [9.17, 15) is 0 Å². The number of ether oxygens (including phenoxy) is 1. The predicted molar refractivity (Wildman–Crippen MR) is 103 cm³/mol. The maximum atomic E-state index is 5.47. The van der Waals surface area contributed by atoms with E-state index < -0.39 is 0 Å². The molecule has 0 amide bonds. The summed E-state index contributed by atoms with van der Waals surface area (Å²) >= 11 is 1.88. The van der Waals surface area contributed by atoms with Gasteiger partial charge in [-0.1, -0.05) is 19.9 Å². The van der Waals surface area contributed by atoms with Crippen molar-refractivity contribution in [1.82, 2.24) is 15.5 Å². The minimum absolute atomic E-state index is 0.476. The highest BCUT2D eigenvalue weighted by atomic mass is 32.2. The van der Waals surface area contributed by atoms with Crippen molar-refractivity contribution in [2.75, 3.05) is 57.4 Å². The maximum absolute atomic E-state index is 5.47. The summed E-state index contributed by atoms with van der Waals surface area (Å²) in [5.74, 6) is 3.57. The Kier molecular flexibility index (Phi) is 11.2. The fourth-order valence-electron chi connectivity index (χ4n) is 2.59. The second-order valence-electron chi connectivity index (χ2n) is 5.97. The topological polar surface area (TPSA) is 48.9 Å². The fraction of sp³-hybridized carbons (Fsp3) is 0.824. The van der Waals surface area contributed by atoms with Crippen LogP contribution in [-0.4, -0.2) is 74.3 Å². The summed E-state index contributed by atoms with van der Waals surface area (Å²) in [5, 5.41) is 6.75. The highest BCUT2D eigenvalue weighted by molar-refractivity contribution is 7.99. The van der Waals surface area contributed by atoms with E-state index in [1.807, 2.05) is 17.8 Å². The molecule has 2 N–H and O–H groups in total. The first kappa shape index (κ1) is 20.3. The second kappa shape index (κ2) is 12.7. The van der Waals surface area contributed by atoms with Crippen LogP contribution in [0.25, 0.3) is 0 Å². The fourth-order valence-corrected chi connectivity index (χ4v) is 3.17. The molecule has 0 aromatic carbocycles. The molecule has 0 bridgehead atoms. The molecule has 0 radical (unpaired) electrons. The molecule has 1 fully saturated rings. The van der Waals surface area contributed by atoms with Crippen molar-refractivity contribution in [1.29, 1.82) is 0 Å². The van der Waals surface area contributed by atoms with Crippen LogP contribution >= 0.6 is 11.8 Å². The zero-order chi connectivity index (χ0) is 16.9. The third-order valence-corrected chi connectivity index (χ3v) is 4.80. The molecule has 0 aromatic rings.